The molecule has 0 radical (unpaired) electrons. The van der Waals surface area contributed by atoms with Crippen LogP contribution in [0.1, 0.15) is 84.5 Å². The number of carbonyl (C=O) groups is 1. The van der Waals surface area contributed by atoms with Crippen molar-refractivity contribution < 1.29 is 9.53 Å². The fourth-order valence-corrected chi connectivity index (χ4v) is 1.91. The van der Waals surface area contributed by atoms with E-state index in [1.807, 2.05) is 6.08 Å². The number of unbranched alkanes of at least 4 members (excludes halogenated alkanes) is 8. The van der Waals surface area contributed by atoms with Crippen molar-refractivity contribution in [3.63, 3.8) is 0 Å². The summed E-state index contributed by atoms with van der Waals surface area (Å²) < 4.78 is 5.07. The number of esters is 1. The molecule has 0 unspecified atom stereocenters. The third-order valence-electron chi connectivity index (χ3n) is 3.19. The highest BCUT2D eigenvalue weighted by molar-refractivity contribution is 5.71. The Morgan fingerprint density at radius 1 is 0.842 bits per heavy atom. The van der Waals surface area contributed by atoms with Gasteiger partial charge in [0.2, 0.25) is 0 Å². The minimum Gasteiger partial charge on any atom is -0.465 e. The van der Waals surface area contributed by atoms with Crippen LogP contribution in [-0.4, -0.2) is 12.6 Å². The lowest BCUT2D eigenvalue weighted by atomic mass is 10.1. The van der Waals surface area contributed by atoms with Crippen LogP contribution in [0.2, 0.25) is 0 Å². The first-order chi connectivity index (χ1) is 9.31. The van der Waals surface area contributed by atoms with Crippen molar-refractivity contribution in [3.05, 3.63) is 12.2 Å². The Morgan fingerprint density at radius 2 is 1.47 bits per heavy atom. The zero-order valence-electron chi connectivity index (χ0n) is 13.0. The molecule has 2 nitrogen and oxygen atoms in total. The summed E-state index contributed by atoms with van der Waals surface area (Å²) in [4.78, 5) is 11.3. The van der Waals surface area contributed by atoms with Crippen molar-refractivity contribution in [2.45, 2.75) is 84.5 Å². The molecule has 19 heavy (non-hydrogen) atoms. The third-order valence-corrected chi connectivity index (χ3v) is 3.19. The first-order valence-electron chi connectivity index (χ1n) is 8.11. The monoisotopic (exact) mass is 268 g/mol. The molecule has 0 bridgehead atoms. The van der Waals surface area contributed by atoms with Gasteiger partial charge < -0.3 is 4.74 Å². The smallest absolute Gasteiger partial charge is 0.309 e. The maximum atomic E-state index is 11.3. The van der Waals surface area contributed by atoms with Gasteiger partial charge in [0.1, 0.15) is 0 Å². The highest BCUT2D eigenvalue weighted by Gasteiger charge is 1.97. The Labute approximate surface area is 119 Å². The molecule has 0 aromatic heterocycles. The minimum absolute atomic E-state index is 0.0933. The lowest BCUT2D eigenvalue weighted by molar-refractivity contribution is -0.142. The van der Waals surface area contributed by atoms with Crippen LogP contribution in [0.3, 0.4) is 0 Å². The lowest BCUT2D eigenvalue weighted by Crippen LogP contribution is -2.03. The second-order valence-electron chi connectivity index (χ2n) is 5.16. The molecule has 0 N–H and O–H groups in total. The standard InChI is InChI=1S/C17H32O2/c1-3-5-7-8-9-10-11-12-13-14-15-17(18)19-16-6-4-2/h13-14H,3-12,15-16H2,1-2H3. The van der Waals surface area contributed by atoms with Crippen molar-refractivity contribution in [1.29, 1.82) is 0 Å². The summed E-state index contributed by atoms with van der Waals surface area (Å²) in [5.41, 5.74) is 0. The predicted octanol–water partition coefficient (Wildman–Crippen LogP) is 5.42. The van der Waals surface area contributed by atoms with E-state index < -0.39 is 0 Å². The van der Waals surface area contributed by atoms with E-state index in [0.717, 1.165) is 19.3 Å². The van der Waals surface area contributed by atoms with Gasteiger partial charge in [-0.05, 0) is 19.3 Å². The van der Waals surface area contributed by atoms with Crippen molar-refractivity contribution in [3.8, 4) is 0 Å². The van der Waals surface area contributed by atoms with Crippen LogP contribution in [0.25, 0.3) is 0 Å². The molecule has 0 rings (SSSR count). The van der Waals surface area contributed by atoms with E-state index in [1.165, 1.54) is 44.9 Å². The van der Waals surface area contributed by atoms with Gasteiger partial charge in [-0.1, -0.05) is 70.9 Å². The van der Waals surface area contributed by atoms with E-state index in [9.17, 15) is 4.79 Å². The molecule has 0 aliphatic heterocycles. The van der Waals surface area contributed by atoms with E-state index in [4.69, 9.17) is 4.74 Å². The second-order valence-corrected chi connectivity index (χ2v) is 5.16. The predicted molar refractivity (Wildman–Crippen MR) is 82.2 cm³/mol. The maximum Gasteiger partial charge on any atom is 0.309 e. The molecular weight excluding hydrogens is 236 g/mol. The molecule has 2 heteroatoms. The van der Waals surface area contributed by atoms with Crippen molar-refractivity contribution in [1.82, 2.24) is 0 Å². The first kappa shape index (κ1) is 18.2. The molecule has 0 aliphatic carbocycles. The zero-order chi connectivity index (χ0) is 14.2. The molecule has 0 atom stereocenters. The van der Waals surface area contributed by atoms with Gasteiger partial charge in [0, 0.05) is 0 Å². The molecule has 0 amide bonds. The molecule has 0 saturated heterocycles. The maximum absolute atomic E-state index is 11.3. The number of hydrogen-bond donors (Lipinski definition) is 0. The molecule has 0 saturated carbocycles. The van der Waals surface area contributed by atoms with Crippen LogP contribution in [0.4, 0.5) is 0 Å². The SMILES string of the molecule is CCCCCCCCCC=CCC(=O)OCCCC. The molecule has 0 spiro atoms. The normalized spacial score (nSPS) is 11.1. The van der Waals surface area contributed by atoms with Gasteiger partial charge in [0.15, 0.2) is 0 Å². The van der Waals surface area contributed by atoms with Crippen LogP contribution < -0.4 is 0 Å². The fraction of sp³-hybridized carbons (Fsp3) is 0.824. The summed E-state index contributed by atoms with van der Waals surface area (Å²) >= 11 is 0. The minimum atomic E-state index is -0.0933. The van der Waals surface area contributed by atoms with E-state index >= 15 is 0 Å². The van der Waals surface area contributed by atoms with Crippen molar-refractivity contribution in [2.75, 3.05) is 6.61 Å². The Kier molecular flexibility index (Phi) is 14.6. The molecule has 112 valence electrons. The Bertz CT molecular complexity index is 221. The van der Waals surface area contributed by atoms with E-state index in [2.05, 4.69) is 19.9 Å². The Balaban J connectivity index is 3.22. The number of carbonyl (C=O) groups excluding carboxylic acids is 1. The largest absolute Gasteiger partial charge is 0.465 e. The van der Waals surface area contributed by atoms with Gasteiger partial charge in [-0.15, -0.1) is 0 Å². The number of ether oxygens (including phenoxy) is 1. The van der Waals surface area contributed by atoms with Crippen LogP contribution >= 0.6 is 0 Å². The summed E-state index contributed by atoms with van der Waals surface area (Å²) in [6, 6.07) is 0. The van der Waals surface area contributed by atoms with Crippen molar-refractivity contribution in [2.24, 2.45) is 0 Å². The van der Waals surface area contributed by atoms with Gasteiger partial charge in [-0.2, -0.15) is 0 Å². The highest BCUT2D eigenvalue weighted by atomic mass is 16.5. The zero-order valence-corrected chi connectivity index (χ0v) is 13.0. The molecule has 0 heterocycles. The van der Waals surface area contributed by atoms with E-state index in [1.54, 1.807) is 0 Å². The fourth-order valence-electron chi connectivity index (χ4n) is 1.91. The van der Waals surface area contributed by atoms with Crippen LogP contribution in [0.15, 0.2) is 12.2 Å². The lowest BCUT2D eigenvalue weighted by Gasteiger charge is -2.01. The topological polar surface area (TPSA) is 26.3 Å². The molecule has 0 aromatic carbocycles. The number of allylic oxidation sites excluding steroid dienone is 1. The third kappa shape index (κ3) is 15.2. The first-order valence-corrected chi connectivity index (χ1v) is 8.11. The molecular formula is C17H32O2. The summed E-state index contributed by atoms with van der Waals surface area (Å²) in [6.45, 7) is 4.91. The molecule has 0 aromatic rings. The Hall–Kier alpha value is -0.790. The Morgan fingerprint density at radius 3 is 2.16 bits per heavy atom. The quantitative estimate of drug-likeness (QED) is 0.253. The average Bonchev–Trinajstić information content (AvgIpc) is 2.41. The van der Waals surface area contributed by atoms with Gasteiger partial charge >= 0.3 is 5.97 Å². The van der Waals surface area contributed by atoms with Gasteiger partial charge in [0.05, 0.1) is 13.0 Å². The van der Waals surface area contributed by atoms with Crippen LogP contribution in [0.5, 0.6) is 0 Å². The van der Waals surface area contributed by atoms with Crippen LogP contribution in [-0.2, 0) is 9.53 Å². The van der Waals surface area contributed by atoms with E-state index in [-0.39, 0.29) is 5.97 Å². The van der Waals surface area contributed by atoms with Gasteiger partial charge in [-0.25, -0.2) is 0 Å². The summed E-state index contributed by atoms with van der Waals surface area (Å²) in [7, 11) is 0. The molecule has 0 fully saturated rings. The van der Waals surface area contributed by atoms with E-state index in [0.29, 0.717) is 13.0 Å². The second kappa shape index (κ2) is 15.3. The van der Waals surface area contributed by atoms with Crippen molar-refractivity contribution >= 4 is 5.97 Å². The highest BCUT2D eigenvalue weighted by Crippen LogP contribution is 2.08. The summed E-state index contributed by atoms with van der Waals surface area (Å²) in [5.74, 6) is -0.0933. The average molecular weight is 268 g/mol. The van der Waals surface area contributed by atoms with Gasteiger partial charge in [0.25, 0.3) is 0 Å². The van der Waals surface area contributed by atoms with Gasteiger partial charge in [-0.3, -0.25) is 4.79 Å². The number of rotatable bonds is 13. The summed E-state index contributed by atoms with van der Waals surface area (Å²) in [6.07, 6.45) is 17.0. The van der Waals surface area contributed by atoms with Crippen LogP contribution in [0, 0.1) is 0 Å². The number of hydrogen-bond acceptors (Lipinski definition) is 2. The molecule has 0 aliphatic rings. The summed E-state index contributed by atoms with van der Waals surface area (Å²) in [5, 5.41) is 0.